The molecule has 2 rings (SSSR count). The van der Waals surface area contributed by atoms with Crippen molar-refractivity contribution in [1.29, 1.82) is 0 Å². The minimum absolute atomic E-state index is 0.453. The van der Waals surface area contributed by atoms with Crippen LogP contribution in [0.2, 0.25) is 0 Å². The lowest BCUT2D eigenvalue weighted by Crippen LogP contribution is -2.21. The normalized spacial score (nSPS) is 11.4. The van der Waals surface area contributed by atoms with Gasteiger partial charge in [0.15, 0.2) is 5.75 Å². The van der Waals surface area contributed by atoms with E-state index < -0.39 is 5.60 Å². The van der Waals surface area contributed by atoms with Gasteiger partial charge in [0, 0.05) is 13.3 Å². The van der Waals surface area contributed by atoms with Gasteiger partial charge in [0.1, 0.15) is 11.3 Å². The molecule has 0 saturated carbocycles. The Bertz CT molecular complexity index is 612. The second-order valence-corrected chi connectivity index (χ2v) is 5.05. The maximum atomic E-state index is 5.82. The fraction of sp³-hybridized carbons (Fsp3) is 0.400. The number of nitrogens with zero attached hydrogens (tertiary/aromatic N) is 3. The van der Waals surface area contributed by atoms with Crippen molar-refractivity contribution in [2.75, 3.05) is 7.11 Å². The number of ether oxygens (including phenoxy) is 2. The second kappa shape index (κ2) is 5.54. The second-order valence-electron chi connectivity index (χ2n) is 5.05. The van der Waals surface area contributed by atoms with Crippen molar-refractivity contribution in [3.63, 3.8) is 0 Å². The molecule has 0 unspecified atom stereocenters. The molecule has 0 N–H and O–H groups in total. The molecular formula is C15H19N3O2. The largest absolute Gasteiger partial charge is 0.435 e. The molecule has 0 radical (unpaired) electrons. The van der Waals surface area contributed by atoms with Crippen LogP contribution in [0.1, 0.15) is 30.9 Å². The molecule has 0 bridgehead atoms. The van der Waals surface area contributed by atoms with E-state index in [0.717, 1.165) is 17.1 Å². The van der Waals surface area contributed by atoms with Crippen LogP contribution in [0.25, 0.3) is 0 Å². The molecule has 0 fully saturated rings. The first-order valence-corrected chi connectivity index (χ1v) is 6.43. The van der Waals surface area contributed by atoms with Crippen molar-refractivity contribution >= 4 is 0 Å². The third-order valence-corrected chi connectivity index (χ3v) is 3.24. The fourth-order valence-corrected chi connectivity index (χ4v) is 1.70. The Morgan fingerprint density at radius 2 is 1.85 bits per heavy atom. The first-order chi connectivity index (χ1) is 9.44. The minimum atomic E-state index is -0.538. The van der Waals surface area contributed by atoms with Crippen molar-refractivity contribution in [2.45, 2.75) is 33.3 Å². The van der Waals surface area contributed by atoms with E-state index in [0.29, 0.717) is 11.6 Å². The molecule has 0 spiro atoms. The lowest BCUT2D eigenvalue weighted by atomic mass is 10.0. The summed E-state index contributed by atoms with van der Waals surface area (Å²) in [6.07, 6.45) is 3.33. The number of hydrogen-bond acceptors (Lipinski definition) is 5. The summed E-state index contributed by atoms with van der Waals surface area (Å²) in [5.74, 6) is 1.08. The van der Waals surface area contributed by atoms with Gasteiger partial charge in [-0.05, 0) is 39.8 Å². The lowest BCUT2D eigenvalue weighted by molar-refractivity contribution is 0.0137. The van der Waals surface area contributed by atoms with Gasteiger partial charge in [0.25, 0.3) is 0 Å². The highest BCUT2D eigenvalue weighted by molar-refractivity contribution is 5.34. The zero-order valence-electron chi connectivity index (χ0n) is 12.5. The summed E-state index contributed by atoms with van der Waals surface area (Å²) < 4.78 is 11.3. The van der Waals surface area contributed by atoms with Gasteiger partial charge in [-0.3, -0.25) is 9.97 Å². The van der Waals surface area contributed by atoms with Gasteiger partial charge < -0.3 is 9.47 Å². The number of hydrogen-bond donors (Lipinski definition) is 0. The zero-order chi connectivity index (χ0) is 14.8. The smallest absolute Gasteiger partial charge is 0.238 e. The highest BCUT2D eigenvalue weighted by atomic mass is 16.5. The average Bonchev–Trinajstić information content (AvgIpc) is 2.43. The summed E-state index contributed by atoms with van der Waals surface area (Å²) in [5, 5.41) is 0. The molecule has 106 valence electrons. The molecule has 0 aliphatic heterocycles. The van der Waals surface area contributed by atoms with Gasteiger partial charge in [-0.15, -0.1) is 0 Å². The highest BCUT2D eigenvalue weighted by Gasteiger charge is 2.26. The molecule has 5 heteroatoms. The monoisotopic (exact) mass is 273 g/mol. The lowest BCUT2D eigenvalue weighted by Gasteiger charge is -2.24. The van der Waals surface area contributed by atoms with Gasteiger partial charge in [0.2, 0.25) is 5.88 Å². The summed E-state index contributed by atoms with van der Waals surface area (Å²) in [5.41, 5.74) is 1.92. The molecule has 0 aliphatic carbocycles. The van der Waals surface area contributed by atoms with Gasteiger partial charge >= 0.3 is 0 Å². The summed E-state index contributed by atoms with van der Waals surface area (Å²) in [6, 6.07) is 3.67. The molecule has 0 saturated heterocycles. The number of rotatable bonds is 4. The van der Waals surface area contributed by atoms with Crippen molar-refractivity contribution < 1.29 is 9.47 Å². The van der Waals surface area contributed by atoms with Crippen LogP contribution < -0.4 is 4.74 Å². The van der Waals surface area contributed by atoms with Crippen molar-refractivity contribution in [2.24, 2.45) is 0 Å². The topological polar surface area (TPSA) is 57.1 Å². The van der Waals surface area contributed by atoms with Crippen LogP contribution >= 0.6 is 0 Å². The number of aromatic nitrogens is 3. The Hall–Kier alpha value is -2.01. The molecule has 20 heavy (non-hydrogen) atoms. The van der Waals surface area contributed by atoms with Gasteiger partial charge in [-0.1, -0.05) is 0 Å². The molecule has 0 atom stereocenters. The molecule has 5 nitrogen and oxygen atoms in total. The van der Waals surface area contributed by atoms with Gasteiger partial charge in [-0.25, -0.2) is 4.98 Å². The summed E-state index contributed by atoms with van der Waals surface area (Å²) in [4.78, 5) is 13.0. The maximum absolute atomic E-state index is 5.82. The predicted octanol–water partition coefficient (Wildman–Crippen LogP) is 3.16. The molecule has 2 heterocycles. The van der Waals surface area contributed by atoms with Crippen LogP contribution in [0.5, 0.6) is 11.6 Å². The zero-order valence-corrected chi connectivity index (χ0v) is 12.5. The summed E-state index contributed by atoms with van der Waals surface area (Å²) in [7, 11) is 1.65. The third-order valence-electron chi connectivity index (χ3n) is 3.24. The predicted molar refractivity (Wildman–Crippen MR) is 75.9 cm³/mol. The van der Waals surface area contributed by atoms with Gasteiger partial charge in [0.05, 0.1) is 17.6 Å². The van der Waals surface area contributed by atoms with E-state index in [-0.39, 0.29) is 0 Å². The van der Waals surface area contributed by atoms with Gasteiger partial charge in [-0.2, -0.15) is 0 Å². The summed E-state index contributed by atoms with van der Waals surface area (Å²) >= 11 is 0. The molecule has 2 aromatic heterocycles. The fourth-order valence-electron chi connectivity index (χ4n) is 1.70. The van der Waals surface area contributed by atoms with E-state index in [9.17, 15) is 0 Å². The Morgan fingerprint density at radius 3 is 2.50 bits per heavy atom. The average molecular weight is 273 g/mol. The number of pyridine rings is 1. The van der Waals surface area contributed by atoms with E-state index in [1.54, 1.807) is 19.5 Å². The molecule has 0 aliphatic rings. The van der Waals surface area contributed by atoms with Crippen LogP contribution in [-0.2, 0) is 10.3 Å². The Kier molecular flexibility index (Phi) is 3.99. The first kappa shape index (κ1) is 14.4. The molecular weight excluding hydrogens is 254 g/mol. The van der Waals surface area contributed by atoms with E-state index in [2.05, 4.69) is 15.0 Å². The van der Waals surface area contributed by atoms with E-state index in [1.807, 2.05) is 39.8 Å². The van der Waals surface area contributed by atoms with Crippen LogP contribution in [0.4, 0.5) is 0 Å². The first-order valence-electron chi connectivity index (χ1n) is 6.43. The van der Waals surface area contributed by atoms with Crippen LogP contribution in [0.3, 0.4) is 0 Å². The third kappa shape index (κ3) is 2.93. The molecule has 0 amide bonds. The number of methoxy groups -OCH3 is 1. The van der Waals surface area contributed by atoms with Crippen molar-refractivity contribution in [1.82, 2.24) is 15.0 Å². The van der Waals surface area contributed by atoms with E-state index in [4.69, 9.17) is 9.47 Å². The van der Waals surface area contributed by atoms with E-state index in [1.165, 1.54) is 0 Å². The summed E-state index contributed by atoms with van der Waals surface area (Å²) in [6.45, 7) is 7.69. The van der Waals surface area contributed by atoms with Crippen LogP contribution in [0, 0.1) is 13.8 Å². The van der Waals surface area contributed by atoms with Crippen molar-refractivity contribution in [3.8, 4) is 11.6 Å². The van der Waals surface area contributed by atoms with E-state index >= 15 is 0 Å². The molecule has 0 aromatic carbocycles. The highest BCUT2D eigenvalue weighted by Crippen LogP contribution is 2.32. The Labute approximate surface area is 119 Å². The van der Waals surface area contributed by atoms with Crippen molar-refractivity contribution in [3.05, 3.63) is 41.6 Å². The maximum Gasteiger partial charge on any atom is 0.238 e. The Balaban J connectivity index is 2.36. The molecule has 2 aromatic rings. The minimum Gasteiger partial charge on any atom is -0.435 e. The van der Waals surface area contributed by atoms with Crippen LogP contribution in [-0.4, -0.2) is 22.1 Å². The van der Waals surface area contributed by atoms with Crippen LogP contribution in [0.15, 0.2) is 24.5 Å². The standard InChI is InChI=1S/C15H19N3O2/c1-10-11(2)18-13(9-17-10)20-12-7-6-8-16-14(12)15(3,4)19-5/h6-9H,1-5H3. The SMILES string of the molecule is COC(C)(C)c1ncccc1Oc1cnc(C)c(C)n1. The Morgan fingerprint density at radius 1 is 1.10 bits per heavy atom. The quantitative estimate of drug-likeness (QED) is 0.856. The number of aryl methyl sites for hydroxylation is 2.